The summed E-state index contributed by atoms with van der Waals surface area (Å²) in [6, 6.07) is 6.50. The van der Waals surface area contributed by atoms with Crippen molar-refractivity contribution in [3.8, 4) is 0 Å². The molecular formula is C10H10Cl2N2O2. The molecule has 16 heavy (non-hydrogen) atoms. The normalized spacial score (nSPS) is 9.00. The lowest BCUT2D eigenvalue weighted by atomic mass is 10.1. The molecular weight excluding hydrogens is 251 g/mol. The third-order valence-corrected chi connectivity index (χ3v) is 1.97. The third-order valence-electron chi connectivity index (χ3n) is 1.97. The number of hydrogen-bond donors (Lipinski definition) is 2. The van der Waals surface area contributed by atoms with E-state index in [2.05, 4.69) is 4.98 Å². The van der Waals surface area contributed by atoms with Crippen LogP contribution in [0.15, 0.2) is 30.5 Å². The van der Waals surface area contributed by atoms with Crippen LogP contribution in [0.5, 0.6) is 0 Å². The molecule has 0 bridgehead atoms. The molecule has 3 N–H and O–H groups in total. The minimum absolute atomic E-state index is 0. The summed E-state index contributed by atoms with van der Waals surface area (Å²) in [5.74, 6) is -0.990. The summed E-state index contributed by atoms with van der Waals surface area (Å²) >= 11 is 0. The Bertz CT molecular complexity index is 517. The Kier molecular flexibility index (Phi) is 5.01. The Morgan fingerprint density at radius 3 is 2.62 bits per heavy atom. The van der Waals surface area contributed by atoms with E-state index >= 15 is 0 Å². The minimum atomic E-state index is -0.990. The molecule has 6 heteroatoms. The molecule has 0 atom stereocenters. The maximum absolute atomic E-state index is 10.9. The number of hydrogen-bond acceptors (Lipinski definition) is 3. The molecule has 0 fully saturated rings. The summed E-state index contributed by atoms with van der Waals surface area (Å²) in [4.78, 5) is 14.9. The Morgan fingerprint density at radius 2 is 2.00 bits per heavy atom. The molecule has 2 rings (SSSR count). The van der Waals surface area contributed by atoms with Crippen molar-refractivity contribution in [2.75, 3.05) is 5.73 Å². The van der Waals surface area contributed by atoms with Crippen LogP contribution in [0.1, 0.15) is 10.4 Å². The van der Waals surface area contributed by atoms with Crippen molar-refractivity contribution < 1.29 is 9.90 Å². The number of aromatic carboxylic acids is 1. The van der Waals surface area contributed by atoms with Crippen LogP contribution in [0.3, 0.4) is 0 Å². The predicted octanol–water partition coefficient (Wildman–Crippen LogP) is 2.36. The van der Waals surface area contributed by atoms with Crippen molar-refractivity contribution >= 4 is 47.4 Å². The van der Waals surface area contributed by atoms with Crippen molar-refractivity contribution in [1.29, 1.82) is 0 Å². The quantitative estimate of drug-likeness (QED) is 0.772. The van der Waals surface area contributed by atoms with Gasteiger partial charge in [-0.1, -0.05) is 6.07 Å². The van der Waals surface area contributed by atoms with Crippen LogP contribution in [-0.4, -0.2) is 16.1 Å². The number of halogens is 2. The number of carboxylic acids is 1. The first-order valence-corrected chi connectivity index (χ1v) is 4.06. The van der Waals surface area contributed by atoms with Gasteiger partial charge in [0.15, 0.2) is 0 Å². The van der Waals surface area contributed by atoms with Crippen molar-refractivity contribution in [3.63, 3.8) is 0 Å². The lowest BCUT2D eigenvalue weighted by Gasteiger charge is -2.02. The zero-order valence-electron chi connectivity index (χ0n) is 8.08. The molecule has 0 unspecified atom stereocenters. The number of rotatable bonds is 1. The van der Waals surface area contributed by atoms with Crippen molar-refractivity contribution in [1.82, 2.24) is 4.98 Å². The van der Waals surface area contributed by atoms with Crippen LogP contribution < -0.4 is 5.73 Å². The van der Waals surface area contributed by atoms with Crippen LogP contribution in [0, 0.1) is 0 Å². The molecule has 86 valence electrons. The number of nitrogen functional groups attached to an aromatic ring is 1. The highest BCUT2D eigenvalue weighted by Gasteiger charge is 2.09. The van der Waals surface area contributed by atoms with Gasteiger partial charge in [-0.15, -0.1) is 24.8 Å². The van der Waals surface area contributed by atoms with Gasteiger partial charge in [0.2, 0.25) is 0 Å². The van der Waals surface area contributed by atoms with Gasteiger partial charge in [-0.05, 0) is 18.2 Å². The standard InChI is InChI=1S/C10H8N2O2.2ClH/c11-6-4-8(10(13)14)7-2-1-3-12-9(7)5-6;;/h1-5H,11H2,(H,13,14);2*1H. The second-order valence-electron chi connectivity index (χ2n) is 2.94. The fourth-order valence-electron chi connectivity index (χ4n) is 1.38. The Hall–Kier alpha value is -1.52. The molecule has 0 spiro atoms. The summed E-state index contributed by atoms with van der Waals surface area (Å²) in [7, 11) is 0. The number of fused-ring (bicyclic) bond motifs is 1. The topological polar surface area (TPSA) is 76.2 Å². The number of anilines is 1. The zero-order chi connectivity index (χ0) is 10.1. The Balaban J connectivity index is 0.00000112. The lowest BCUT2D eigenvalue weighted by Crippen LogP contribution is -2.00. The van der Waals surface area contributed by atoms with E-state index in [0.29, 0.717) is 16.6 Å². The summed E-state index contributed by atoms with van der Waals surface area (Å²) in [6.07, 6.45) is 1.60. The second-order valence-corrected chi connectivity index (χ2v) is 2.94. The van der Waals surface area contributed by atoms with Crippen molar-refractivity contribution in [2.45, 2.75) is 0 Å². The molecule has 0 radical (unpaired) electrons. The maximum atomic E-state index is 10.9. The van der Waals surface area contributed by atoms with Gasteiger partial charge in [-0.3, -0.25) is 4.98 Å². The van der Waals surface area contributed by atoms with E-state index in [4.69, 9.17) is 10.8 Å². The van der Waals surface area contributed by atoms with E-state index < -0.39 is 5.97 Å². The van der Waals surface area contributed by atoms with Gasteiger partial charge in [-0.25, -0.2) is 4.79 Å². The number of pyridine rings is 1. The van der Waals surface area contributed by atoms with Gasteiger partial charge in [0.1, 0.15) is 0 Å². The molecule has 1 heterocycles. The first-order chi connectivity index (χ1) is 6.68. The minimum Gasteiger partial charge on any atom is -0.478 e. The number of carboxylic acid groups (broad SMARTS) is 1. The smallest absolute Gasteiger partial charge is 0.336 e. The third kappa shape index (κ3) is 2.53. The molecule has 0 aliphatic carbocycles. The summed E-state index contributed by atoms with van der Waals surface area (Å²) in [5, 5.41) is 9.53. The van der Waals surface area contributed by atoms with E-state index in [0.717, 1.165) is 0 Å². The zero-order valence-corrected chi connectivity index (χ0v) is 9.72. The van der Waals surface area contributed by atoms with E-state index in [1.54, 1.807) is 24.4 Å². The number of carbonyl (C=O) groups is 1. The van der Waals surface area contributed by atoms with Gasteiger partial charge < -0.3 is 10.8 Å². The van der Waals surface area contributed by atoms with E-state index in [1.807, 2.05) is 0 Å². The predicted molar refractivity (Wildman–Crippen MR) is 67.6 cm³/mol. The molecule has 0 aliphatic rings. The summed E-state index contributed by atoms with van der Waals surface area (Å²) in [6.45, 7) is 0. The molecule has 1 aromatic heterocycles. The molecule has 0 saturated carbocycles. The molecule has 0 saturated heterocycles. The van der Waals surface area contributed by atoms with Crippen LogP contribution in [0.4, 0.5) is 5.69 Å². The molecule has 0 aliphatic heterocycles. The monoisotopic (exact) mass is 260 g/mol. The highest BCUT2D eigenvalue weighted by molar-refractivity contribution is 6.03. The van der Waals surface area contributed by atoms with Crippen molar-refractivity contribution in [3.05, 3.63) is 36.0 Å². The number of benzene rings is 1. The van der Waals surface area contributed by atoms with Crippen LogP contribution in [0.25, 0.3) is 10.9 Å². The van der Waals surface area contributed by atoms with Crippen LogP contribution in [-0.2, 0) is 0 Å². The molecule has 2 aromatic rings. The lowest BCUT2D eigenvalue weighted by molar-refractivity contribution is 0.0699. The van der Waals surface area contributed by atoms with E-state index in [9.17, 15) is 4.79 Å². The molecule has 1 aromatic carbocycles. The summed E-state index contributed by atoms with van der Waals surface area (Å²) < 4.78 is 0. The number of nitrogens with zero attached hydrogens (tertiary/aromatic N) is 1. The molecule has 0 amide bonds. The fourth-order valence-corrected chi connectivity index (χ4v) is 1.38. The fraction of sp³-hybridized carbons (Fsp3) is 0. The van der Waals surface area contributed by atoms with Crippen molar-refractivity contribution in [2.24, 2.45) is 0 Å². The second kappa shape index (κ2) is 5.53. The Morgan fingerprint density at radius 1 is 1.31 bits per heavy atom. The summed E-state index contributed by atoms with van der Waals surface area (Å²) in [5.41, 5.74) is 6.76. The van der Waals surface area contributed by atoms with Crippen LogP contribution >= 0.6 is 24.8 Å². The largest absolute Gasteiger partial charge is 0.478 e. The Labute approximate surface area is 104 Å². The van der Waals surface area contributed by atoms with Crippen LogP contribution in [0.2, 0.25) is 0 Å². The SMILES string of the molecule is Cl.Cl.Nc1cc(C(=O)O)c2cccnc2c1. The highest BCUT2D eigenvalue weighted by Crippen LogP contribution is 2.20. The number of nitrogens with two attached hydrogens (primary N) is 1. The molecule has 4 nitrogen and oxygen atoms in total. The first-order valence-electron chi connectivity index (χ1n) is 4.06. The average molecular weight is 261 g/mol. The van der Waals surface area contributed by atoms with E-state index in [-0.39, 0.29) is 30.4 Å². The van der Waals surface area contributed by atoms with Gasteiger partial charge in [0.05, 0.1) is 11.1 Å². The highest BCUT2D eigenvalue weighted by atomic mass is 35.5. The van der Waals surface area contributed by atoms with Gasteiger partial charge in [0, 0.05) is 17.3 Å². The first kappa shape index (κ1) is 14.5. The number of aromatic nitrogens is 1. The van der Waals surface area contributed by atoms with E-state index in [1.165, 1.54) is 6.07 Å². The maximum Gasteiger partial charge on any atom is 0.336 e. The van der Waals surface area contributed by atoms with Gasteiger partial charge in [-0.2, -0.15) is 0 Å². The average Bonchev–Trinajstić information content (AvgIpc) is 2.16. The van der Waals surface area contributed by atoms with Gasteiger partial charge in [0.25, 0.3) is 0 Å². The van der Waals surface area contributed by atoms with Gasteiger partial charge >= 0.3 is 5.97 Å².